The molecule has 1 saturated carbocycles. The van der Waals surface area contributed by atoms with Crippen LogP contribution in [-0.4, -0.2) is 24.0 Å². The molecule has 3 unspecified atom stereocenters. The number of nitrogens with two attached hydrogens (primary N) is 1. The smallest absolute Gasteiger partial charge is 0.0424 e. The van der Waals surface area contributed by atoms with Crippen LogP contribution in [0, 0.1) is 12.8 Å². The third-order valence-electron chi connectivity index (χ3n) is 5.06. The Morgan fingerprint density at radius 1 is 1.16 bits per heavy atom. The van der Waals surface area contributed by atoms with Gasteiger partial charge in [0.05, 0.1) is 0 Å². The third kappa shape index (κ3) is 2.85. The van der Waals surface area contributed by atoms with E-state index >= 15 is 0 Å². The molecule has 0 bridgehead atoms. The van der Waals surface area contributed by atoms with Gasteiger partial charge in [-0.25, -0.2) is 0 Å². The van der Waals surface area contributed by atoms with Crippen LogP contribution in [-0.2, 0) is 0 Å². The molecule has 1 heterocycles. The molecule has 1 aromatic carbocycles. The van der Waals surface area contributed by atoms with E-state index in [9.17, 15) is 0 Å². The highest BCUT2D eigenvalue weighted by atomic mass is 15.2. The predicted molar refractivity (Wildman–Crippen MR) is 80.0 cm³/mol. The Morgan fingerprint density at radius 2 is 1.89 bits per heavy atom. The fraction of sp³-hybridized carbons (Fsp3) is 0.647. The van der Waals surface area contributed by atoms with Gasteiger partial charge in [-0.3, -0.25) is 4.90 Å². The topological polar surface area (TPSA) is 29.3 Å². The van der Waals surface area contributed by atoms with Gasteiger partial charge in [-0.15, -0.1) is 0 Å². The molecule has 0 amide bonds. The number of rotatable bonds is 3. The average molecular weight is 258 g/mol. The van der Waals surface area contributed by atoms with Crippen LogP contribution in [0.4, 0.5) is 0 Å². The lowest BCUT2D eigenvalue weighted by Crippen LogP contribution is -2.39. The number of fused-ring (bicyclic) bond motifs is 1. The quantitative estimate of drug-likeness (QED) is 0.901. The Morgan fingerprint density at radius 3 is 2.68 bits per heavy atom. The Balaban J connectivity index is 1.63. The van der Waals surface area contributed by atoms with Gasteiger partial charge >= 0.3 is 0 Å². The molecule has 3 rings (SSSR count). The monoisotopic (exact) mass is 258 g/mol. The van der Waals surface area contributed by atoms with Crippen molar-refractivity contribution in [2.75, 3.05) is 13.1 Å². The summed E-state index contributed by atoms with van der Waals surface area (Å²) in [6, 6.07) is 9.71. The zero-order chi connectivity index (χ0) is 13.2. The van der Waals surface area contributed by atoms with Crippen molar-refractivity contribution < 1.29 is 0 Å². The van der Waals surface area contributed by atoms with Crippen LogP contribution in [0.5, 0.6) is 0 Å². The summed E-state index contributed by atoms with van der Waals surface area (Å²) in [5.74, 6) is 0.957. The van der Waals surface area contributed by atoms with E-state index in [1.54, 1.807) is 0 Å². The summed E-state index contributed by atoms with van der Waals surface area (Å²) in [5.41, 5.74) is 9.00. The van der Waals surface area contributed by atoms with Crippen LogP contribution >= 0.6 is 0 Å². The largest absolute Gasteiger partial charge is 0.323 e. The highest BCUT2D eigenvalue weighted by molar-refractivity contribution is 5.24. The summed E-state index contributed by atoms with van der Waals surface area (Å²) in [4.78, 5) is 2.66. The minimum Gasteiger partial charge on any atom is -0.323 e. The van der Waals surface area contributed by atoms with Gasteiger partial charge < -0.3 is 5.73 Å². The first kappa shape index (κ1) is 13.1. The van der Waals surface area contributed by atoms with Gasteiger partial charge in [-0.05, 0) is 44.2 Å². The minimum atomic E-state index is 0.168. The van der Waals surface area contributed by atoms with Crippen molar-refractivity contribution in [1.82, 2.24) is 4.90 Å². The van der Waals surface area contributed by atoms with Crippen LogP contribution in [0.3, 0.4) is 0 Å². The van der Waals surface area contributed by atoms with Gasteiger partial charge in [-0.2, -0.15) is 0 Å². The van der Waals surface area contributed by atoms with Gasteiger partial charge in [0.15, 0.2) is 0 Å². The van der Waals surface area contributed by atoms with Gasteiger partial charge in [-0.1, -0.05) is 42.7 Å². The first-order chi connectivity index (χ1) is 9.24. The van der Waals surface area contributed by atoms with Gasteiger partial charge in [0.1, 0.15) is 0 Å². The van der Waals surface area contributed by atoms with Crippen molar-refractivity contribution in [1.29, 1.82) is 0 Å². The molecule has 1 aromatic rings. The molecule has 0 aromatic heterocycles. The van der Waals surface area contributed by atoms with Gasteiger partial charge in [0.25, 0.3) is 0 Å². The molecule has 2 heteroatoms. The molecular weight excluding hydrogens is 232 g/mol. The zero-order valence-corrected chi connectivity index (χ0v) is 12.0. The first-order valence-corrected chi connectivity index (χ1v) is 7.80. The van der Waals surface area contributed by atoms with Crippen molar-refractivity contribution in [3.05, 3.63) is 35.4 Å². The predicted octanol–water partition coefficient (Wildman–Crippen LogP) is 3.26. The molecule has 104 valence electrons. The van der Waals surface area contributed by atoms with Gasteiger partial charge in [0, 0.05) is 18.6 Å². The van der Waals surface area contributed by atoms with Crippen molar-refractivity contribution in [2.45, 2.75) is 51.1 Å². The van der Waals surface area contributed by atoms with Crippen LogP contribution in [0.15, 0.2) is 24.3 Å². The molecule has 0 radical (unpaired) electrons. The second-order valence-electron chi connectivity index (χ2n) is 6.41. The molecule has 19 heavy (non-hydrogen) atoms. The number of benzene rings is 1. The molecule has 1 saturated heterocycles. The van der Waals surface area contributed by atoms with E-state index in [2.05, 4.69) is 36.1 Å². The molecule has 2 fully saturated rings. The van der Waals surface area contributed by atoms with E-state index in [1.165, 1.54) is 49.8 Å². The molecule has 2 aliphatic rings. The summed E-state index contributed by atoms with van der Waals surface area (Å²) in [7, 11) is 0. The van der Waals surface area contributed by atoms with Crippen molar-refractivity contribution in [3.63, 3.8) is 0 Å². The number of likely N-dealkylation sites (tertiary alicyclic amines) is 1. The molecule has 2 N–H and O–H groups in total. The Hall–Kier alpha value is -0.860. The lowest BCUT2D eigenvalue weighted by atomic mass is 9.85. The first-order valence-electron chi connectivity index (χ1n) is 7.80. The second-order valence-corrected chi connectivity index (χ2v) is 6.41. The SMILES string of the molecule is Cc1ccc(C(N)CN2CCC3CCCCC32)cc1. The summed E-state index contributed by atoms with van der Waals surface area (Å²) >= 11 is 0. The maximum atomic E-state index is 6.41. The summed E-state index contributed by atoms with van der Waals surface area (Å²) in [6.45, 7) is 4.42. The Bertz CT molecular complexity index is 412. The Kier molecular flexibility index (Phi) is 3.90. The molecule has 0 spiro atoms. The maximum absolute atomic E-state index is 6.41. The van der Waals surface area contributed by atoms with Crippen molar-refractivity contribution in [2.24, 2.45) is 11.7 Å². The van der Waals surface area contributed by atoms with E-state index < -0.39 is 0 Å². The Labute approximate surface area is 117 Å². The zero-order valence-electron chi connectivity index (χ0n) is 12.0. The van der Waals surface area contributed by atoms with E-state index in [1.807, 2.05) is 0 Å². The summed E-state index contributed by atoms with van der Waals surface area (Å²) < 4.78 is 0. The fourth-order valence-electron chi connectivity index (χ4n) is 3.90. The van der Waals surface area contributed by atoms with Crippen molar-refractivity contribution in [3.8, 4) is 0 Å². The highest BCUT2D eigenvalue weighted by Gasteiger charge is 2.35. The standard InChI is InChI=1S/C17H26N2/c1-13-6-8-14(9-7-13)16(18)12-19-11-10-15-4-2-3-5-17(15)19/h6-9,15-17H,2-5,10-12,18H2,1H3. The third-order valence-corrected chi connectivity index (χ3v) is 5.06. The lowest BCUT2D eigenvalue weighted by molar-refractivity contribution is 0.174. The normalized spacial score (nSPS) is 29.2. The molecule has 1 aliphatic heterocycles. The maximum Gasteiger partial charge on any atom is 0.0424 e. The summed E-state index contributed by atoms with van der Waals surface area (Å²) in [6.07, 6.45) is 7.09. The highest BCUT2D eigenvalue weighted by Crippen LogP contribution is 2.36. The van der Waals surface area contributed by atoms with Crippen LogP contribution in [0.2, 0.25) is 0 Å². The number of hydrogen-bond donors (Lipinski definition) is 1. The molecular formula is C17H26N2. The van der Waals surface area contributed by atoms with Crippen LogP contribution in [0.25, 0.3) is 0 Å². The molecule has 3 atom stereocenters. The molecule has 2 nitrogen and oxygen atoms in total. The van der Waals surface area contributed by atoms with Crippen molar-refractivity contribution >= 4 is 0 Å². The lowest BCUT2D eigenvalue weighted by Gasteiger charge is -2.33. The van der Waals surface area contributed by atoms with E-state index in [0.29, 0.717) is 0 Å². The van der Waals surface area contributed by atoms with Crippen LogP contribution < -0.4 is 5.73 Å². The fourth-order valence-corrected chi connectivity index (χ4v) is 3.90. The number of nitrogens with zero attached hydrogens (tertiary/aromatic N) is 1. The van der Waals surface area contributed by atoms with E-state index in [-0.39, 0.29) is 6.04 Å². The number of aryl methyl sites for hydroxylation is 1. The average Bonchev–Trinajstić information content (AvgIpc) is 2.83. The second kappa shape index (κ2) is 5.64. The summed E-state index contributed by atoms with van der Waals surface area (Å²) in [5, 5.41) is 0. The molecule has 1 aliphatic carbocycles. The van der Waals surface area contributed by atoms with E-state index in [4.69, 9.17) is 5.73 Å². The van der Waals surface area contributed by atoms with Gasteiger partial charge in [0.2, 0.25) is 0 Å². The number of hydrogen-bond acceptors (Lipinski definition) is 2. The van der Waals surface area contributed by atoms with E-state index in [0.717, 1.165) is 18.5 Å². The minimum absolute atomic E-state index is 0.168. The van der Waals surface area contributed by atoms with Crippen LogP contribution in [0.1, 0.15) is 49.3 Å².